The SMILES string of the molecule is CC(COC(N)=O)C(CC(C(=O)N1CCOCC1)C1CCCCC1)C(=O)c1nc2ccccc2o1. The molecule has 35 heavy (non-hydrogen) atoms. The molecule has 2 fully saturated rings. The van der Waals surface area contributed by atoms with Gasteiger partial charge in [0.1, 0.15) is 5.52 Å². The third-order valence-corrected chi connectivity index (χ3v) is 7.38. The summed E-state index contributed by atoms with van der Waals surface area (Å²) in [5.74, 6) is -1.25. The van der Waals surface area contributed by atoms with Crippen LogP contribution in [0.2, 0.25) is 0 Å². The molecule has 9 nitrogen and oxygen atoms in total. The van der Waals surface area contributed by atoms with Crippen LogP contribution in [0.15, 0.2) is 28.7 Å². The number of para-hydroxylation sites is 2. The number of fused-ring (bicyclic) bond motifs is 1. The number of nitrogens with zero attached hydrogens (tertiary/aromatic N) is 2. The Labute approximate surface area is 205 Å². The minimum Gasteiger partial charge on any atom is -0.449 e. The van der Waals surface area contributed by atoms with Gasteiger partial charge in [-0.05, 0) is 37.3 Å². The first kappa shape index (κ1) is 25.2. The van der Waals surface area contributed by atoms with Gasteiger partial charge in [-0.25, -0.2) is 9.78 Å². The predicted molar refractivity (Wildman–Crippen MR) is 129 cm³/mol. The molecule has 1 saturated carbocycles. The molecule has 0 spiro atoms. The van der Waals surface area contributed by atoms with Crippen molar-refractivity contribution in [2.75, 3.05) is 32.9 Å². The molecule has 1 aromatic carbocycles. The first-order chi connectivity index (χ1) is 16.9. The number of oxazole rings is 1. The fraction of sp³-hybridized carbons (Fsp3) is 0.615. The Bertz CT molecular complexity index is 992. The molecule has 0 radical (unpaired) electrons. The minimum atomic E-state index is -0.891. The fourth-order valence-corrected chi connectivity index (χ4v) is 5.39. The Hall–Kier alpha value is -2.94. The van der Waals surface area contributed by atoms with Gasteiger partial charge in [-0.3, -0.25) is 9.59 Å². The van der Waals surface area contributed by atoms with Gasteiger partial charge in [-0.2, -0.15) is 0 Å². The van der Waals surface area contributed by atoms with Crippen LogP contribution in [0.4, 0.5) is 4.79 Å². The van der Waals surface area contributed by atoms with Crippen molar-refractivity contribution in [2.24, 2.45) is 29.4 Å². The molecule has 1 aromatic heterocycles. The van der Waals surface area contributed by atoms with E-state index >= 15 is 0 Å². The van der Waals surface area contributed by atoms with Gasteiger partial charge in [0.05, 0.1) is 19.8 Å². The lowest BCUT2D eigenvalue weighted by molar-refractivity contribution is -0.142. The lowest BCUT2D eigenvalue weighted by Crippen LogP contribution is -2.47. The molecular weight excluding hydrogens is 450 g/mol. The number of hydrogen-bond donors (Lipinski definition) is 1. The lowest BCUT2D eigenvalue weighted by atomic mass is 9.72. The number of Topliss-reactive ketones (excluding diaryl/α,β-unsaturated/α-hetero) is 1. The van der Waals surface area contributed by atoms with Crippen LogP contribution in [0.5, 0.6) is 0 Å². The van der Waals surface area contributed by atoms with Crippen molar-refractivity contribution >= 4 is 28.9 Å². The van der Waals surface area contributed by atoms with E-state index in [9.17, 15) is 14.4 Å². The molecule has 2 aromatic rings. The molecule has 2 heterocycles. The number of aromatic nitrogens is 1. The third-order valence-electron chi connectivity index (χ3n) is 7.38. The van der Waals surface area contributed by atoms with E-state index in [0.29, 0.717) is 43.8 Å². The van der Waals surface area contributed by atoms with Crippen LogP contribution < -0.4 is 5.73 Å². The summed E-state index contributed by atoms with van der Waals surface area (Å²) in [5, 5.41) is 0. The molecule has 3 atom stereocenters. The number of morpholine rings is 1. The highest BCUT2D eigenvalue weighted by atomic mass is 16.5. The van der Waals surface area contributed by atoms with Crippen LogP contribution in [-0.4, -0.2) is 60.6 Å². The molecule has 2 amide bonds. The van der Waals surface area contributed by atoms with Crippen molar-refractivity contribution in [3.05, 3.63) is 30.2 Å². The number of benzene rings is 1. The summed E-state index contributed by atoms with van der Waals surface area (Å²) < 4.78 is 16.3. The Morgan fingerprint density at radius 1 is 1.14 bits per heavy atom. The summed E-state index contributed by atoms with van der Waals surface area (Å²) in [5.41, 5.74) is 6.33. The Morgan fingerprint density at radius 3 is 2.54 bits per heavy atom. The van der Waals surface area contributed by atoms with E-state index in [2.05, 4.69) is 4.98 Å². The molecule has 0 bridgehead atoms. The zero-order valence-corrected chi connectivity index (χ0v) is 20.3. The van der Waals surface area contributed by atoms with Crippen LogP contribution in [0.25, 0.3) is 11.1 Å². The number of carbonyl (C=O) groups excluding carboxylic acids is 3. The van der Waals surface area contributed by atoms with Crippen molar-refractivity contribution < 1.29 is 28.3 Å². The average Bonchev–Trinajstić information content (AvgIpc) is 3.33. The van der Waals surface area contributed by atoms with Gasteiger partial charge in [0.25, 0.3) is 5.89 Å². The molecule has 1 aliphatic carbocycles. The Morgan fingerprint density at radius 2 is 1.86 bits per heavy atom. The zero-order chi connectivity index (χ0) is 24.8. The second kappa shape index (κ2) is 11.7. The van der Waals surface area contributed by atoms with Gasteiger partial charge in [-0.15, -0.1) is 0 Å². The summed E-state index contributed by atoms with van der Waals surface area (Å²) >= 11 is 0. The minimum absolute atomic E-state index is 0.0170. The number of ether oxygens (including phenoxy) is 2. The van der Waals surface area contributed by atoms with E-state index in [0.717, 1.165) is 25.7 Å². The van der Waals surface area contributed by atoms with Gasteiger partial charge >= 0.3 is 6.09 Å². The standard InChI is InChI=1S/C26H35N3O6/c1-17(16-34-26(27)32)19(23(30)24-28-21-9-5-6-10-22(21)35-24)15-20(18-7-3-2-4-8-18)25(31)29-11-13-33-14-12-29/h5-6,9-10,17-20H,2-4,7-8,11-16H2,1H3,(H2,27,32). The van der Waals surface area contributed by atoms with E-state index in [4.69, 9.17) is 19.6 Å². The molecular formula is C26H35N3O6. The molecule has 9 heteroatoms. The summed E-state index contributed by atoms with van der Waals surface area (Å²) in [6, 6.07) is 7.21. The van der Waals surface area contributed by atoms with Gasteiger partial charge in [0.15, 0.2) is 5.58 Å². The zero-order valence-electron chi connectivity index (χ0n) is 20.3. The fourth-order valence-electron chi connectivity index (χ4n) is 5.39. The van der Waals surface area contributed by atoms with Crippen LogP contribution >= 0.6 is 0 Å². The number of rotatable bonds is 9. The molecule has 190 valence electrons. The van der Waals surface area contributed by atoms with E-state index < -0.39 is 12.0 Å². The predicted octanol–water partition coefficient (Wildman–Crippen LogP) is 3.80. The number of nitrogens with two attached hydrogens (primary N) is 1. The maximum atomic E-state index is 13.7. The Kier molecular flexibility index (Phi) is 8.38. The van der Waals surface area contributed by atoms with Crippen LogP contribution in [0.1, 0.15) is 56.1 Å². The van der Waals surface area contributed by atoms with Crippen molar-refractivity contribution in [2.45, 2.75) is 45.4 Å². The van der Waals surface area contributed by atoms with E-state index in [1.807, 2.05) is 24.0 Å². The lowest BCUT2D eigenvalue weighted by Gasteiger charge is -2.37. The number of hydrogen-bond acceptors (Lipinski definition) is 7. The van der Waals surface area contributed by atoms with Crippen LogP contribution in [0.3, 0.4) is 0 Å². The number of primary amides is 1. The first-order valence-electron chi connectivity index (χ1n) is 12.6. The quantitative estimate of drug-likeness (QED) is 0.536. The maximum Gasteiger partial charge on any atom is 0.404 e. The van der Waals surface area contributed by atoms with Crippen molar-refractivity contribution in [3.8, 4) is 0 Å². The van der Waals surface area contributed by atoms with Crippen molar-refractivity contribution in [1.82, 2.24) is 9.88 Å². The summed E-state index contributed by atoms with van der Waals surface area (Å²) in [4.78, 5) is 45.0. The van der Waals surface area contributed by atoms with Gasteiger partial charge in [0.2, 0.25) is 11.7 Å². The van der Waals surface area contributed by atoms with Crippen molar-refractivity contribution in [1.29, 1.82) is 0 Å². The van der Waals surface area contributed by atoms with E-state index in [-0.39, 0.29) is 41.9 Å². The largest absolute Gasteiger partial charge is 0.449 e. The highest BCUT2D eigenvalue weighted by Crippen LogP contribution is 2.37. The highest BCUT2D eigenvalue weighted by molar-refractivity contribution is 5.96. The first-order valence-corrected chi connectivity index (χ1v) is 12.6. The number of ketones is 1. The van der Waals surface area contributed by atoms with Crippen molar-refractivity contribution in [3.63, 3.8) is 0 Å². The smallest absolute Gasteiger partial charge is 0.404 e. The third kappa shape index (κ3) is 6.20. The van der Waals surface area contributed by atoms with Crippen LogP contribution in [-0.2, 0) is 14.3 Å². The second-order valence-corrected chi connectivity index (χ2v) is 9.74. The van der Waals surface area contributed by atoms with Gasteiger partial charge in [-0.1, -0.05) is 38.3 Å². The van der Waals surface area contributed by atoms with Gasteiger partial charge < -0.3 is 24.5 Å². The summed E-state index contributed by atoms with van der Waals surface area (Å²) in [6.07, 6.45) is 4.74. The number of amides is 2. The molecule has 1 saturated heterocycles. The summed E-state index contributed by atoms with van der Waals surface area (Å²) in [6.45, 7) is 3.99. The topological polar surface area (TPSA) is 125 Å². The van der Waals surface area contributed by atoms with Crippen LogP contribution in [0, 0.1) is 23.7 Å². The Balaban J connectivity index is 1.62. The van der Waals surface area contributed by atoms with Gasteiger partial charge in [0, 0.05) is 30.8 Å². The number of carbonyl (C=O) groups is 3. The summed E-state index contributed by atoms with van der Waals surface area (Å²) in [7, 11) is 0. The second-order valence-electron chi connectivity index (χ2n) is 9.74. The normalized spacial score (nSPS) is 19.7. The van der Waals surface area contributed by atoms with E-state index in [1.165, 1.54) is 6.42 Å². The average molecular weight is 486 g/mol. The molecule has 2 N–H and O–H groups in total. The molecule has 1 aliphatic heterocycles. The molecule has 2 aliphatic rings. The molecule has 4 rings (SSSR count). The maximum absolute atomic E-state index is 13.7. The highest BCUT2D eigenvalue weighted by Gasteiger charge is 2.39. The monoisotopic (exact) mass is 485 g/mol. The van der Waals surface area contributed by atoms with E-state index in [1.54, 1.807) is 12.1 Å². The molecule has 3 unspecified atom stereocenters.